The molecule has 0 radical (unpaired) electrons. The van der Waals surface area contributed by atoms with Crippen molar-refractivity contribution in [1.82, 2.24) is 4.98 Å². The van der Waals surface area contributed by atoms with E-state index in [4.69, 9.17) is 0 Å². The Morgan fingerprint density at radius 2 is 2.15 bits per heavy atom. The van der Waals surface area contributed by atoms with Crippen molar-refractivity contribution in [1.29, 1.82) is 0 Å². The number of fused-ring (bicyclic) bond motifs is 1. The smallest absolute Gasteiger partial charge is 0.0460 e. The van der Waals surface area contributed by atoms with Crippen LogP contribution in [0.2, 0.25) is 0 Å². The van der Waals surface area contributed by atoms with Crippen molar-refractivity contribution in [3.63, 3.8) is 0 Å². The van der Waals surface area contributed by atoms with Crippen molar-refractivity contribution in [3.05, 3.63) is 77.4 Å². The molecule has 1 aliphatic rings. The van der Waals surface area contributed by atoms with E-state index in [9.17, 15) is 0 Å². The van der Waals surface area contributed by atoms with E-state index in [1.807, 2.05) is 11.8 Å². The fraction of sp³-hybridized carbons (Fsp3) is 0.333. The van der Waals surface area contributed by atoms with Crippen LogP contribution < -0.4 is 0 Å². The van der Waals surface area contributed by atoms with Crippen LogP contribution in [0.1, 0.15) is 51.0 Å². The minimum Gasteiger partial charge on any atom is -0.361 e. The molecule has 2 heteroatoms. The lowest BCUT2D eigenvalue weighted by atomic mass is 9.98. The molecular formula is C24H29NS. The molecule has 0 unspecified atom stereocenters. The van der Waals surface area contributed by atoms with E-state index >= 15 is 0 Å². The van der Waals surface area contributed by atoms with Crippen LogP contribution in [0.4, 0.5) is 0 Å². The molecule has 0 fully saturated rings. The number of para-hydroxylation sites is 1. The van der Waals surface area contributed by atoms with Gasteiger partial charge in [0, 0.05) is 28.4 Å². The molecule has 0 saturated heterocycles. The van der Waals surface area contributed by atoms with Gasteiger partial charge in [-0.3, -0.25) is 0 Å². The number of H-pyrrole nitrogens is 1. The summed E-state index contributed by atoms with van der Waals surface area (Å²) in [6.45, 7) is 6.55. The number of allylic oxidation sites excluding steroid dienone is 5. The molecule has 0 saturated carbocycles. The van der Waals surface area contributed by atoms with Crippen molar-refractivity contribution >= 4 is 28.2 Å². The van der Waals surface area contributed by atoms with Crippen molar-refractivity contribution in [3.8, 4) is 0 Å². The third-order valence-electron chi connectivity index (χ3n) is 4.94. The second-order valence-corrected chi connectivity index (χ2v) is 7.98. The summed E-state index contributed by atoms with van der Waals surface area (Å²) in [6.07, 6.45) is 16.5. The summed E-state index contributed by atoms with van der Waals surface area (Å²) in [4.78, 5) is 3.34. The van der Waals surface area contributed by atoms with Crippen LogP contribution in [0.25, 0.3) is 16.5 Å². The predicted molar refractivity (Wildman–Crippen MR) is 118 cm³/mol. The van der Waals surface area contributed by atoms with E-state index in [0.717, 1.165) is 12.2 Å². The Kier molecular flexibility index (Phi) is 7.02. The second-order valence-electron chi connectivity index (χ2n) is 7.13. The van der Waals surface area contributed by atoms with E-state index in [-0.39, 0.29) is 0 Å². The molecule has 0 amide bonds. The van der Waals surface area contributed by atoms with Gasteiger partial charge >= 0.3 is 0 Å². The lowest BCUT2D eigenvalue weighted by molar-refractivity contribution is 0.711. The standard InChI is InChI=1S/C24H29NS/c1-19(14-15-21-10-6-4-3-5-7-11-21)17-26-18-20(2)23-16-25-24-13-9-8-12-22(23)24/h4,6,8-10,12-13,16-17,25H,2-3,5,7,11,14-15,18H2,1H3/b6-4-,19-17+,21-10+. The molecule has 1 N–H and O–H groups in total. The van der Waals surface area contributed by atoms with Crippen LogP contribution in [0.5, 0.6) is 0 Å². The minimum atomic E-state index is 0.935. The van der Waals surface area contributed by atoms with Crippen molar-refractivity contribution in [2.24, 2.45) is 0 Å². The van der Waals surface area contributed by atoms with Crippen LogP contribution >= 0.6 is 11.8 Å². The summed E-state index contributed by atoms with van der Waals surface area (Å²) < 4.78 is 0. The van der Waals surface area contributed by atoms with E-state index < -0.39 is 0 Å². The molecule has 0 spiro atoms. The van der Waals surface area contributed by atoms with Crippen molar-refractivity contribution in [2.45, 2.75) is 45.4 Å². The summed E-state index contributed by atoms with van der Waals surface area (Å²) in [5.41, 5.74) is 6.67. The lowest BCUT2D eigenvalue weighted by Crippen LogP contribution is -1.89. The normalized spacial score (nSPS) is 18.8. The fourth-order valence-electron chi connectivity index (χ4n) is 3.35. The van der Waals surface area contributed by atoms with E-state index in [1.165, 1.54) is 59.7 Å². The summed E-state index contributed by atoms with van der Waals surface area (Å²) in [6, 6.07) is 8.43. The number of hydrogen-bond acceptors (Lipinski definition) is 1. The van der Waals surface area contributed by atoms with Crippen LogP contribution in [0.3, 0.4) is 0 Å². The summed E-state index contributed by atoms with van der Waals surface area (Å²) in [7, 11) is 0. The van der Waals surface area contributed by atoms with Crippen molar-refractivity contribution < 1.29 is 0 Å². The van der Waals surface area contributed by atoms with Crippen LogP contribution in [0, 0.1) is 0 Å². The average molecular weight is 364 g/mol. The monoisotopic (exact) mass is 363 g/mol. The molecule has 2 aromatic rings. The van der Waals surface area contributed by atoms with Gasteiger partial charge in [0.25, 0.3) is 0 Å². The summed E-state index contributed by atoms with van der Waals surface area (Å²) in [5, 5.41) is 3.59. The van der Waals surface area contributed by atoms with Crippen LogP contribution in [-0.4, -0.2) is 10.7 Å². The summed E-state index contributed by atoms with van der Waals surface area (Å²) in [5.74, 6) is 0.935. The zero-order valence-corrected chi connectivity index (χ0v) is 16.6. The molecule has 3 rings (SSSR count). The highest BCUT2D eigenvalue weighted by Crippen LogP contribution is 2.27. The van der Waals surface area contributed by atoms with Gasteiger partial charge in [0.15, 0.2) is 0 Å². The quantitative estimate of drug-likeness (QED) is 0.534. The zero-order valence-electron chi connectivity index (χ0n) is 15.8. The van der Waals surface area contributed by atoms with Gasteiger partial charge < -0.3 is 4.98 Å². The molecule has 0 bridgehead atoms. The number of rotatable bonds is 7. The Labute approximate surface area is 162 Å². The first-order valence-electron chi connectivity index (χ1n) is 9.60. The summed E-state index contributed by atoms with van der Waals surface area (Å²) >= 11 is 1.86. The highest BCUT2D eigenvalue weighted by Gasteiger charge is 2.06. The Balaban J connectivity index is 1.49. The number of hydrogen-bond donors (Lipinski definition) is 1. The molecule has 1 aromatic carbocycles. The maximum absolute atomic E-state index is 4.30. The third kappa shape index (κ3) is 5.28. The molecule has 1 aliphatic carbocycles. The van der Waals surface area contributed by atoms with E-state index in [1.54, 1.807) is 5.57 Å². The third-order valence-corrected chi connectivity index (χ3v) is 6.02. The predicted octanol–water partition coefficient (Wildman–Crippen LogP) is 7.65. The van der Waals surface area contributed by atoms with Gasteiger partial charge in [0.05, 0.1) is 0 Å². The maximum Gasteiger partial charge on any atom is 0.0460 e. The molecule has 0 atom stereocenters. The Morgan fingerprint density at radius 1 is 1.27 bits per heavy atom. The first-order valence-corrected chi connectivity index (χ1v) is 10.6. The van der Waals surface area contributed by atoms with Crippen LogP contribution in [0.15, 0.2) is 71.8 Å². The maximum atomic E-state index is 4.30. The molecule has 136 valence electrons. The molecule has 0 aliphatic heterocycles. The van der Waals surface area contributed by atoms with Crippen LogP contribution in [-0.2, 0) is 0 Å². The van der Waals surface area contributed by atoms with Gasteiger partial charge in [0.1, 0.15) is 0 Å². The van der Waals surface area contributed by atoms with E-state index in [0.29, 0.717) is 0 Å². The average Bonchev–Trinajstić information content (AvgIpc) is 3.05. The number of aromatic amines is 1. The molecular weight excluding hydrogens is 334 g/mol. The first-order chi connectivity index (χ1) is 12.7. The highest BCUT2D eigenvalue weighted by molar-refractivity contribution is 8.02. The molecule has 1 heterocycles. The van der Waals surface area contributed by atoms with Crippen molar-refractivity contribution in [2.75, 3.05) is 5.75 Å². The topological polar surface area (TPSA) is 15.8 Å². The van der Waals surface area contributed by atoms with Gasteiger partial charge in [0.2, 0.25) is 0 Å². The molecule has 1 aromatic heterocycles. The van der Waals surface area contributed by atoms with Gasteiger partial charge in [-0.25, -0.2) is 0 Å². The van der Waals surface area contributed by atoms with E-state index in [2.05, 4.69) is 72.6 Å². The number of thioether (sulfide) groups is 1. The minimum absolute atomic E-state index is 0.935. The van der Waals surface area contributed by atoms with Gasteiger partial charge in [-0.1, -0.05) is 54.2 Å². The highest BCUT2D eigenvalue weighted by atomic mass is 32.2. The fourth-order valence-corrected chi connectivity index (χ4v) is 4.19. The second kappa shape index (κ2) is 9.68. The Morgan fingerprint density at radius 3 is 3.08 bits per heavy atom. The number of benzene rings is 1. The largest absolute Gasteiger partial charge is 0.361 e. The Bertz CT molecular complexity index is 835. The lowest BCUT2D eigenvalue weighted by Gasteiger charge is -2.09. The number of nitrogens with one attached hydrogen (secondary N) is 1. The van der Waals surface area contributed by atoms with Gasteiger partial charge in [-0.2, -0.15) is 0 Å². The number of aromatic nitrogens is 1. The molecule has 26 heavy (non-hydrogen) atoms. The first kappa shape index (κ1) is 18.8. The zero-order chi connectivity index (χ0) is 18.2. The SMILES string of the molecule is C=C(CS/C=C(\C)CC/C1=C/C=C\CCCC1)c1c[nH]c2ccccc12. The van der Waals surface area contributed by atoms with Gasteiger partial charge in [-0.05, 0) is 62.5 Å². The molecule has 1 nitrogen and oxygen atoms in total. The van der Waals surface area contributed by atoms with Gasteiger partial charge in [-0.15, -0.1) is 11.8 Å². The Hall–Kier alpha value is -1.93.